The van der Waals surface area contributed by atoms with Crippen LogP contribution in [0, 0.1) is 18.6 Å². The highest BCUT2D eigenvalue weighted by atomic mass is 32.1. The Morgan fingerprint density at radius 2 is 2.08 bits per heavy atom. The third-order valence-electron chi connectivity index (χ3n) is 4.41. The van der Waals surface area contributed by atoms with Crippen LogP contribution in [0.2, 0.25) is 0 Å². The number of benzene rings is 1. The van der Waals surface area contributed by atoms with E-state index < -0.39 is 11.6 Å². The molecule has 7 heteroatoms. The lowest BCUT2D eigenvalue weighted by atomic mass is 10.1. The molecule has 1 saturated heterocycles. The predicted molar refractivity (Wildman–Crippen MR) is 91.1 cm³/mol. The van der Waals surface area contributed by atoms with Crippen molar-refractivity contribution in [3.05, 3.63) is 58.3 Å². The molecular weight excluding hydrogens is 344 g/mol. The monoisotopic (exact) mass is 361 g/mol. The minimum atomic E-state index is -0.825. The van der Waals surface area contributed by atoms with Crippen LogP contribution in [0.25, 0.3) is 10.8 Å². The van der Waals surface area contributed by atoms with Crippen molar-refractivity contribution >= 4 is 11.3 Å². The molecule has 2 aromatic heterocycles. The van der Waals surface area contributed by atoms with Crippen molar-refractivity contribution in [3.63, 3.8) is 0 Å². The van der Waals surface area contributed by atoms with Crippen molar-refractivity contribution < 1.29 is 13.2 Å². The van der Waals surface area contributed by atoms with Gasteiger partial charge in [-0.15, -0.1) is 21.5 Å². The Bertz CT molecular complexity index is 892. The van der Waals surface area contributed by atoms with E-state index in [0.717, 1.165) is 29.8 Å². The third kappa shape index (κ3) is 3.34. The average molecular weight is 361 g/mol. The molecule has 1 aromatic carbocycles. The normalized spacial score (nSPS) is 18.1. The molecular formula is C18H17F2N3OS. The average Bonchev–Trinajstić information content (AvgIpc) is 3.30. The number of rotatable bonds is 4. The Balaban J connectivity index is 1.53. The largest absolute Gasteiger partial charge is 0.418 e. The first-order chi connectivity index (χ1) is 12.1. The van der Waals surface area contributed by atoms with Gasteiger partial charge in [-0.1, -0.05) is 6.07 Å². The lowest BCUT2D eigenvalue weighted by molar-refractivity contribution is 0.215. The summed E-state index contributed by atoms with van der Waals surface area (Å²) in [6.45, 7) is 3.42. The molecule has 1 atom stereocenters. The number of halogens is 2. The highest BCUT2D eigenvalue weighted by Gasteiger charge is 2.31. The molecule has 0 spiro atoms. The maximum absolute atomic E-state index is 13.4. The van der Waals surface area contributed by atoms with Crippen LogP contribution in [0.1, 0.15) is 35.2 Å². The van der Waals surface area contributed by atoms with E-state index in [-0.39, 0.29) is 6.04 Å². The minimum Gasteiger partial charge on any atom is -0.418 e. The molecule has 0 amide bonds. The molecule has 0 saturated carbocycles. The molecule has 1 aliphatic heterocycles. The number of aryl methyl sites for hydroxylation is 1. The van der Waals surface area contributed by atoms with Crippen LogP contribution in [0.4, 0.5) is 8.78 Å². The molecule has 0 bridgehead atoms. The van der Waals surface area contributed by atoms with Crippen molar-refractivity contribution in [2.24, 2.45) is 0 Å². The lowest BCUT2D eigenvalue weighted by Gasteiger charge is -2.21. The molecule has 0 unspecified atom stereocenters. The topological polar surface area (TPSA) is 42.2 Å². The van der Waals surface area contributed by atoms with Gasteiger partial charge in [-0.3, -0.25) is 4.90 Å². The molecule has 3 heterocycles. The summed E-state index contributed by atoms with van der Waals surface area (Å²) in [4.78, 5) is 4.32. The zero-order valence-corrected chi connectivity index (χ0v) is 14.5. The quantitative estimate of drug-likeness (QED) is 0.674. The lowest BCUT2D eigenvalue weighted by Crippen LogP contribution is -2.23. The van der Waals surface area contributed by atoms with Crippen LogP contribution in [-0.4, -0.2) is 21.6 Å². The summed E-state index contributed by atoms with van der Waals surface area (Å²) in [5.41, 5.74) is 0.736. The Morgan fingerprint density at radius 1 is 1.20 bits per heavy atom. The van der Waals surface area contributed by atoms with E-state index in [2.05, 4.69) is 15.1 Å². The number of thiophene rings is 1. The van der Waals surface area contributed by atoms with Gasteiger partial charge in [0.2, 0.25) is 5.89 Å². The fraction of sp³-hybridized carbons (Fsp3) is 0.333. The van der Waals surface area contributed by atoms with E-state index in [0.29, 0.717) is 18.3 Å². The predicted octanol–water partition coefficient (Wildman–Crippen LogP) is 4.72. The molecule has 130 valence electrons. The standard InChI is InChI=1S/C18H17F2N3OS/c1-11-4-7-16(25-11)18-22-21-17(24-18)15-3-2-8-23(15)10-12-5-6-13(19)14(20)9-12/h4-7,9,15H,2-3,8,10H2,1H3/t15-/m1/s1. The fourth-order valence-corrected chi connectivity index (χ4v) is 3.97. The summed E-state index contributed by atoms with van der Waals surface area (Å²) in [5, 5.41) is 8.39. The van der Waals surface area contributed by atoms with Crippen LogP contribution in [0.3, 0.4) is 0 Å². The zero-order chi connectivity index (χ0) is 17.4. The van der Waals surface area contributed by atoms with E-state index in [1.165, 1.54) is 17.0 Å². The molecule has 1 aliphatic rings. The van der Waals surface area contributed by atoms with Crippen LogP contribution in [0.15, 0.2) is 34.7 Å². The molecule has 4 nitrogen and oxygen atoms in total. The first-order valence-electron chi connectivity index (χ1n) is 8.18. The van der Waals surface area contributed by atoms with Crippen molar-refractivity contribution in [1.29, 1.82) is 0 Å². The number of likely N-dealkylation sites (tertiary alicyclic amines) is 1. The van der Waals surface area contributed by atoms with E-state index in [4.69, 9.17) is 4.42 Å². The second-order valence-electron chi connectivity index (χ2n) is 6.23. The van der Waals surface area contributed by atoms with Crippen LogP contribution in [0.5, 0.6) is 0 Å². The molecule has 0 aliphatic carbocycles. The summed E-state index contributed by atoms with van der Waals surface area (Å²) < 4.78 is 32.4. The van der Waals surface area contributed by atoms with E-state index >= 15 is 0 Å². The van der Waals surface area contributed by atoms with Crippen molar-refractivity contribution in [3.8, 4) is 10.8 Å². The summed E-state index contributed by atoms with van der Waals surface area (Å²) in [5.74, 6) is -0.523. The maximum Gasteiger partial charge on any atom is 0.257 e. The highest BCUT2D eigenvalue weighted by Crippen LogP contribution is 2.35. The second-order valence-corrected chi connectivity index (χ2v) is 7.52. The Kier molecular flexibility index (Phi) is 4.35. The van der Waals surface area contributed by atoms with Gasteiger partial charge in [0, 0.05) is 11.4 Å². The smallest absolute Gasteiger partial charge is 0.257 e. The van der Waals surface area contributed by atoms with Gasteiger partial charge >= 0.3 is 0 Å². The van der Waals surface area contributed by atoms with Gasteiger partial charge in [0.25, 0.3) is 5.89 Å². The number of nitrogens with zero attached hydrogens (tertiary/aromatic N) is 3. The summed E-state index contributed by atoms with van der Waals surface area (Å²) >= 11 is 1.62. The number of hydrogen-bond acceptors (Lipinski definition) is 5. The number of aromatic nitrogens is 2. The Morgan fingerprint density at radius 3 is 2.84 bits per heavy atom. The van der Waals surface area contributed by atoms with Gasteiger partial charge < -0.3 is 4.42 Å². The Labute approximate surface area is 148 Å². The molecule has 0 radical (unpaired) electrons. The van der Waals surface area contributed by atoms with Crippen molar-refractivity contribution in [1.82, 2.24) is 15.1 Å². The Hall–Kier alpha value is -2.12. The van der Waals surface area contributed by atoms with Crippen LogP contribution < -0.4 is 0 Å². The number of hydrogen-bond donors (Lipinski definition) is 0. The SMILES string of the molecule is Cc1ccc(-c2nnc([C@H]3CCCN3Cc3ccc(F)c(F)c3)o2)s1. The summed E-state index contributed by atoms with van der Waals surface area (Å²) in [7, 11) is 0. The third-order valence-corrected chi connectivity index (χ3v) is 5.40. The van der Waals surface area contributed by atoms with Gasteiger partial charge in [0.05, 0.1) is 10.9 Å². The van der Waals surface area contributed by atoms with Gasteiger partial charge in [-0.25, -0.2) is 8.78 Å². The highest BCUT2D eigenvalue weighted by molar-refractivity contribution is 7.15. The first kappa shape index (κ1) is 16.4. The zero-order valence-electron chi connectivity index (χ0n) is 13.7. The minimum absolute atomic E-state index is 0.00965. The van der Waals surface area contributed by atoms with Crippen LogP contribution >= 0.6 is 11.3 Å². The van der Waals surface area contributed by atoms with Gasteiger partial charge in [-0.05, 0) is 56.1 Å². The van der Waals surface area contributed by atoms with Crippen molar-refractivity contribution in [2.45, 2.75) is 32.4 Å². The molecule has 25 heavy (non-hydrogen) atoms. The summed E-state index contributed by atoms with van der Waals surface area (Å²) in [6, 6.07) is 8.04. The van der Waals surface area contributed by atoms with Gasteiger partial charge in [0.15, 0.2) is 11.6 Å². The van der Waals surface area contributed by atoms with E-state index in [9.17, 15) is 8.78 Å². The molecule has 0 N–H and O–H groups in total. The van der Waals surface area contributed by atoms with Gasteiger partial charge in [-0.2, -0.15) is 0 Å². The molecule has 1 fully saturated rings. The second kappa shape index (κ2) is 6.65. The molecule has 3 aromatic rings. The maximum atomic E-state index is 13.4. The van der Waals surface area contributed by atoms with E-state index in [1.807, 2.05) is 19.1 Å². The van der Waals surface area contributed by atoms with E-state index in [1.54, 1.807) is 17.4 Å². The summed E-state index contributed by atoms with van der Waals surface area (Å²) in [6.07, 6.45) is 1.92. The fourth-order valence-electron chi connectivity index (χ4n) is 3.19. The van der Waals surface area contributed by atoms with Crippen molar-refractivity contribution in [2.75, 3.05) is 6.54 Å². The molecule has 4 rings (SSSR count). The van der Waals surface area contributed by atoms with Gasteiger partial charge in [0.1, 0.15) is 0 Å². The van der Waals surface area contributed by atoms with Crippen LogP contribution in [-0.2, 0) is 6.54 Å². The first-order valence-corrected chi connectivity index (χ1v) is 9.00.